The molecular weight excluding hydrogens is 416 g/mol. The van der Waals surface area contributed by atoms with Crippen LogP contribution < -0.4 is 20.1 Å². The first kappa shape index (κ1) is 22.7. The van der Waals surface area contributed by atoms with Gasteiger partial charge in [0.1, 0.15) is 6.61 Å². The Bertz CT molecular complexity index is 955. The maximum atomic E-state index is 12.7. The number of hydrogen-bond donors (Lipinski definition) is 2. The van der Waals surface area contributed by atoms with Crippen LogP contribution in [0.3, 0.4) is 0 Å². The number of anilines is 1. The summed E-state index contributed by atoms with van der Waals surface area (Å²) in [6.07, 6.45) is 7.04. The maximum absolute atomic E-state index is 12.7. The third-order valence-corrected chi connectivity index (χ3v) is 5.52. The van der Waals surface area contributed by atoms with Gasteiger partial charge in [0.15, 0.2) is 11.5 Å². The molecule has 7 heteroatoms. The van der Waals surface area contributed by atoms with Gasteiger partial charge in [0.25, 0.3) is 11.8 Å². The average Bonchev–Trinajstić information content (AvgIpc) is 2.79. The van der Waals surface area contributed by atoms with Crippen LogP contribution in [-0.2, 0) is 0 Å². The van der Waals surface area contributed by atoms with Crippen LogP contribution in [0.4, 0.5) is 5.69 Å². The number of rotatable bonds is 8. The smallest absolute Gasteiger partial charge is 0.255 e. The summed E-state index contributed by atoms with van der Waals surface area (Å²) in [5.74, 6) is 0.401. The largest absolute Gasteiger partial charge is 0.493 e. The standard InChI is InChI=1S/C24H27ClN2O4/c1-3-13-31-21-12-9-16(14-22(21)30-2)23(28)27-18-10-11-20(25)19(15-18)24(29)26-17-7-5-4-6-8-17/h3,9-12,14-15,17H,1,4-8,13H2,2H3,(H,26,29)(H,27,28). The number of methoxy groups -OCH3 is 1. The van der Waals surface area contributed by atoms with E-state index in [4.69, 9.17) is 21.1 Å². The van der Waals surface area contributed by atoms with E-state index in [2.05, 4.69) is 17.2 Å². The highest BCUT2D eigenvalue weighted by Crippen LogP contribution is 2.29. The van der Waals surface area contributed by atoms with Gasteiger partial charge in [-0.15, -0.1) is 0 Å². The number of carbonyl (C=O) groups is 2. The average molecular weight is 443 g/mol. The van der Waals surface area contributed by atoms with E-state index in [1.165, 1.54) is 13.5 Å². The van der Waals surface area contributed by atoms with Gasteiger partial charge < -0.3 is 20.1 Å². The van der Waals surface area contributed by atoms with E-state index in [-0.39, 0.29) is 17.9 Å². The molecule has 164 valence electrons. The molecule has 1 fully saturated rings. The first-order chi connectivity index (χ1) is 15.0. The minimum absolute atomic E-state index is 0.171. The zero-order valence-corrected chi connectivity index (χ0v) is 18.3. The summed E-state index contributed by atoms with van der Waals surface area (Å²) in [5.41, 5.74) is 1.22. The Balaban J connectivity index is 1.72. The zero-order chi connectivity index (χ0) is 22.2. The van der Waals surface area contributed by atoms with Gasteiger partial charge in [0.2, 0.25) is 0 Å². The molecule has 0 aliphatic heterocycles. The molecule has 2 N–H and O–H groups in total. The van der Waals surface area contributed by atoms with Crippen molar-refractivity contribution in [3.05, 3.63) is 65.2 Å². The lowest BCUT2D eigenvalue weighted by atomic mass is 9.95. The van der Waals surface area contributed by atoms with Crippen molar-refractivity contribution in [1.82, 2.24) is 5.32 Å². The molecule has 0 radical (unpaired) electrons. The molecule has 6 nitrogen and oxygen atoms in total. The predicted molar refractivity (Wildman–Crippen MR) is 122 cm³/mol. The molecule has 0 heterocycles. The minimum Gasteiger partial charge on any atom is -0.493 e. The van der Waals surface area contributed by atoms with Crippen molar-refractivity contribution in [2.75, 3.05) is 19.0 Å². The van der Waals surface area contributed by atoms with Crippen molar-refractivity contribution in [3.63, 3.8) is 0 Å². The van der Waals surface area contributed by atoms with Crippen LogP contribution in [0.1, 0.15) is 52.8 Å². The van der Waals surface area contributed by atoms with E-state index in [0.29, 0.717) is 39.9 Å². The SMILES string of the molecule is C=CCOc1ccc(C(=O)Nc2ccc(Cl)c(C(=O)NC3CCCCC3)c2)cc1OC. The Hall–Kier alpha value is -2.99. The van der Waals surface area contributed by atoms with Crippen LogP contribution >= 0.6 is 11.6 Å². The second-order valence-corrected chi connectivity index (χ2v) is 7.83. The van der Waals surface area contributed by atoms with E-state index < -0.39 is 0 Å². The van der Waals surface area contributed by atoms with E-state index >= 15 is 0 Å². The van der Waals surface area contributed by atoms with E-state index in [1.54, 1.807) is 42.5 Å². The third-order valence-electron chi connectivity index (χ3n) is 5.19. The van der Waals surface area contributed by atoms with Crippen LogP contribution in [0.5, 0.6) is 11.5 Å². The van der Waals surface area contributed by atoms with Gasteiger partial charge in [-0.2, -0.15) is 0 Å². The molecule has 2 aromatic rings. The summed E-state index contributed by atoms with van der Waals surface area (Å²) in [7, 11) is 1.51. The van der Waals surface area contributed by atoms with E-state index in [0.717, 1.165) is 25.7 Å². The van der Waals surface area contributed by atoms with Crippen molar-refractivity contribution < 1.29 is 19.1 Å². The highest BCUT2D eigenvalue weighted by atomic mass is 35.5. The lowest BCUT2D eigenvalue weighted by molar-refractivity contribution is 0.0926. The van der Waals surface area contributed by atoms with E-state index in [1.807, 2.05) is 0 Å². The number of benzene rings is 2. The molecule has 0 saturated heterocycles. The molecule has 0 unspecified atom stereocenters. The van der Waals surface area contributed by atoms with Gasteiger partial charge in [-0.3, -0.25) is 9.59 Å². The highest BCUT2D eigenvalue weighted by Gasteiger charge is 2.19. The number of carbonyl (C=O) groups excluding carboxylic acids is 2. The van der Waals surface area contributed by atoms with Crippen molar-refractivity contribution in [1.29, 1.82) is 0 Å². The van der Waals surface area contributed by atoms with Gasteiger partial charge in [-0.25, -0.2) is 0 Å². The molecule has 0 spiro atoms. The van der Waals surface area contributed by atoms with Gasteiger partial charge >= 0.3 is 0 Å². The Kier molecular flexibility index (Phi) is 7.95. The fraction of sp³-hybridized carbons (Fsp3) is 0.333. The predicted octanol–water partition coefficient (Wildman–Crippen LogP) is 5.23. The highest BCUT2D eigenvalue weighted by molar-refractivity contribution is 6.34. The Labute approximate surface area is 187 Å². The van der Waals surface area contributed by atoms with Crippen molar-refractivity contribution in [2.45, 2.75) is 38.1 Å². The molecule has 1 aliphatic rings. The van der Waals surface area contributed by atoms with Gasteiger partial charge in [-0.1, -0.05) is 43.5 Å². The van der Waals surface area contributed by atoms with Gasteiger partial charge in [0, 0.05) is 17.3 Å². The van der Waals surface area contributed by atoms with Crippen molar-refractivity contribution >= 4 is 29.1 Å². The molecular formula is C24H27ClN2O4. The fourth-order valence-electron chi connectivity index (χ4n) is 3.57. The summed E-state index contributed by atoms with van der Waals surface area (Å²) in [6.45, 7) is 3.95. The maximum Gasteiger partial charge on any atom is 0.255 e. The second kappa shape index (κ2) is 10.9. The lowest BCUT2D eigenvalue weighted by Crippen LogP contribution is -2.36. The number of amides is 2. The number of halogens is 1. The van der Waals surface area contributed by atoms with Crippen LogP contribution in [0.15, 0.2) is 49.1 Å². The molecule has 1 aliphatic carbocycles. The monoisotopic (exact) mass is 442 g/mol. The normalized spacial score (nSPS) is 13.9. The zero-order valence-electron chi connectivity index (χ0n) is 17.6. The molecule has 0 aromatic heterocycles. The van der Waals surface area contributed by atoms with Crippen LogP contribution in [0.2, 0.25) is 5.02 Å². The van der Waals surface area contributed by atoms with Gasteiger partial charge in [-0.05, 0) is 49.2 Å². The molecule has 2 aromatic carbocycles. The van der Waals surface area contributed by atoms with Crippen LogP contribution in [-0.4, -0.2) is 31.6 Å². The van der Waals surface area contributed by atoms with Crippen molar-refractivity contribution in [3.8, 4) is 11.5 Å². The lowest BCUT2D eigenvalue weighted by Gasteiger charge is -2.23. The molecule has 31 heavy (non-hydrogen) atoms. The number of hydrogen-bond acceptors (Lipinski definition) is 4. The number of ether oxygens (including phenoxy) is 2. The fourth-order valence-corrected chi connectivity index (χ4v) is 3.77. The summed E-state index contributed by atoms with van der Waals surface area (Å²) in [4.78, 5) is 25.4. The molecule has 2 amide bonds. The minimum atomic E-state index is -0.338. The molecule has 1 saturated carbocycles. The summed E-state index contributed by atoms with van der Waals surface area (Å²) in [5, 5.41) is 6.21. The first-order valence-electron chi connectivity index (χ1n) is 10.4. The van der Waals surface area contributed by atoms with Gasteiger partial charge in [0.05, 0.1) is 17.7 Å². The van der Waals surface area contributed by atoms with Crippen LogP contribution in [0, 0.1) is 0 Å². The van der Waals surface area contributed by atoms with E-state index in [9.17, 15) is 9.59 Å². The van der Waals surface area contributed by atoms with Crippen molar-refractivity contribution in [2.24, 2.45) is 0 Å². The summed E-state index contributed by atoms with van der Waals surface area (Å²) < 4.78 is 10.8. The molecule has 3 rings (SSSR count). The van der Waals surface area contributed by atoms with Crippen LogP contribution in [0.25, 0.3) is 0 Å². The molecule has 0 atom stereocenters. The molecule has 0 bridgehead atoms. The first-order valence-corrected chi connectivity index (χ1v) is 10.7. The Morgan fingerprint density at radius 3 is 2.58 bits per heavy atom. The Morgan fingerprint density at radius 2 is 1.87 bits per heavy atom. The quantitative estimate of drug-likeness (QED) is 0.549. The summed E-state index contributed by atoms with van der Waals surface area (Å²) in [6, 6.07) is 9.95. The second-order valence-electron chi connectivity index (χ2n) is 7.42. The third kappa shape index (κ3) is 6.01. The Morgan fingerprint density at radius 1 is 1.10 bits per heavy atom. The summed E-state index contributed by atoms with van der Waals surface area (Å²) >= 11 is 6.25. The topological polar surface area (TPSA) is 76.7 Å². The number of nitrogens with one attached hydrogen (secondary N) is 2.